The number of nitrogens with one attached hydrogen (secondary N) is 1. The van der Waals surface area contributed by atoms with E-state index in [-0.39, 0.29) is 18.0 Å². The van der Waals surface area contributed by atoms with Gasteiger partial charge in [0.15, 0.2) is 11.0 Å². The third-order valence-corrected chi connectivity index (χ3v) is 6.75. The number of nitrogens with zero attached hydrogens (tertiary/aromatic N) is 4. The number of thioether (sulfide) groups is 1. The number of carbonyl (C=O) groups is 1. The summed E-state index contributed by atoms with van der Waals surface area (Å²) in [6.45, 7) is 3.94. The Morgan fingerprint density at radius 2 is 1.85 bits per heavy atom. The Balaban J connectivity index is 1.74. The van der Waals surface area contributed by atoms with Crippen LogP contribution < -0.4 is 9.62 Å². The largest absolute Gasteiger partial charge is 0.323 e. The first-order chi connectivity index (χ1) is 15.6. The summed E-state index contributed by atoms with van der Waals surface area (Å²) in [6, 6.07) is 9.52. The van der Waals surface area contributed by atoms with Crippen LogP contribution in [0.25, 0.3) is 0 Å². The molecule has 1 aromatic heterocycles. The molecule has 0 radical (unpaired) electrons. The molecule has 8 nitrogen and oxygen atoms in total. The average molecular weight is 496 g/mol. The highest BCUT2D eigenvalue weighted by Gasteiger charge is 2.22. The lowest BCUT2D eigenvalue weighted by molar-refractivity contribution is -0.113. The number of anilines is 2. The summed E-state index contributed by atoms with van der Waals surface area (Å²) in [7, 11) is -3.69. The number of hydrogen-bond donors (Lipinski definition) is 1. The number of hydrogen-bond acceptors (Lipinski definition) is 6. The number of rotatable bonds is 9. The molecule has 0 fully saturated rings. The number of aryl methyl sites for hydroxylation is 1. The molecule has 12 heteroatoms. The Morgan fingerprint density at radius 1 is 1.15 bits per heavy atom. The Bertz CT molecular complexity index is 1250. The predicted molar refractivity (Wildman–Crippen MR) is 124 cm³/mol. The molecule has 176 valence electrons. The van der Waals surface area contributed by atoms with Crippen LogP contribution in [-0.2, 0) is 27.9 Å². The van der Waals surface area contributed by atoms with Crippen molar-refractivity contribution in [2.24, 2.45) is 0 Å². The van der Waals surface area contributed by atoms with Crippen molar-refractivity contribution < 1.29 is 22.0 Å². The van der Waals surface area contributed by atoms with Crippen LogP contribution in [0.4, 0.5) is 20.2 Å². The molecular weight excluding hydrogens is 472 g/mol. The summed E-state index contributed by atoms with van der Waals surface area (Å²) in [5, 5.41) is 11.1. The van der Waals surface area contributed by atoms with Crippen molar-refractivity contribution in [2.45, 2.75) is 32.1 Å². The molecule has 0 aliphatic heterocycles. The van der Waals surface area contributed by atoms with Crippen LogP contribution in [0, 0.1) is 18.6 Å². The zero-order valence-corrected chi connectivity index (χ0v) is 19.9. The minimum atomic E-state index is -3.69. The van der Waals surface area contributed by atoms with E-state index in [0.29, 0.717) is 23.2 Å². The van der Waals surface area contributed by atoms with Crippen molar-refractivity contribution in [1.82, 2.24) is 14.8 Å². The van der Waals surface area contributed by atoms with Crippen molar-refractivity contribution >= 4 is 39.1 Å². The highest BCUT2D eigenvalue weighted by Crippen LogP contribution is 2.23. The number of carbonyl (C=O) groups excluding carboxylic acids is 1. The molecule has 0 atom stereocenters. The Labute approximate surface area is 195 Å². The van der Waals surface area contributed by atoms with E-state index in [9.17, 15) is 22.0 Å². The van der Waals surface area contributed by atoms with Gasteiger partial charge in [0.05, 0.1) is 29.9 Å². The predicted octanol–water partition coefficient (Wildman–Crippen LogP) is 3.58. The summed E-state index contributed by atoms with van der Waals surface area (Å²) >= 11 is 1.10. The Hall–Kier alpha value is -2.99. The molecule has 3 aromatic rings. The molecule has 1 heterocycles. The SMILES string of the molecule is CCn1c(CN(c2ccc(F)cc2)S(C)(=O)=O)nnc1SCC(=O)Nc1cc(C)ccc1F. The number of benzene rings is 2. The smallest absolute Gasteiger partial charge is 0.234 e. The molecule has 1 N–H and O–H groups in total. The van der Waals surface area contributed by atoms with Gasteiger partial charge in [-0.2, -0.15) is 0 Å². The number of amides is 1. The fourth-order valence-corrected chi connectivity index (χ4v) is 4.72. The number of sulfonamides is 1. The maximum Gasteiger partial charge on any atom is 0.234 e. The average Bonchev–Trinajstić information content (AvgIpc) is 3.14. The van der Waals surface area contributed by atoms with E-state index in [1.165, 1.54) is 30.3 Å². The van der Waals surface area contributed by atoms with Crippen LogP contribution in [0.3, 0.4) is 0 Å². The molecule has 3 rings (SSSR count). The van der Waals surface area contributed by atoms with Crippen molar-refractivity contribution in [3.8, 4) is 0 Å². The van der Waals surface area contributed by atoms with E-state index in [0.717, 1.165) is 27.9 Å². The first-order valence-electron chi connectivity index (χ1n) is 9.92. The molecule has 0 aliphatic rings. The van der Waals surface area contributed by atoms with E-state index in [2.05, 4.69) is 15.5 Å². The van der Waals surface area contributed by atoms with Crippen LogP contribution in [0.15, 0.2) is 47.6 Å². The second kappa shape index (κ2) is 10.3. The van der Waals surface area contributed by atoms with Crippen molar-refractivity contribution in [1.29, 1.82) is 0 Å². The van der Waals surface area contributed by atoms with E-state index in [1.807, 2.05) is 6.92 Å². The highest BCUT2D eigenvalue weighted by atomic mass is 32.2. The van der Waals surface area contributed by atoms with Crippen LogP contribution >= 0.6 is 11.8 Å². The molecule has 0 saturated carbocycles. The highest BCUT2D eigenvalue weighted by molar-refractivity contribution is 7.99. The Morgan fingerprint density at radius 3 is 2.48 bits per heavy atom. The molecule has 0 bridgehead atoms. The van der Waals surface area contributed by atoms with Crippen molar-refractivity contribution in [2.75, 3.05) is 21.6 Å². The van der Waals surface area contributed by atoms with E-state index < -0.39 is 27.6 Å². The maximum absolute atomic E-state index is 13.9. The second-order valence-corrected chi connectivity index (χ2v) is 10.1. The van der Waals surface area contributed by atoms with Crippen molar-refractivity contribution in [3.63, 3.8) is 0 Å². The molecule has 1 amide bonds. The molecule has 0 spiro atoms. The molecule has 0 aliphatic carbocycles. The lowest BCUT2D eigenvalue weighted by Crippen LogP contribution is -2.30. The third-order valence-electron chi connectivity index (χ3n) is 4.64. The quantitative estimate of drug-likeness (QED) is 0.456. The standard InChI is InChI=1S/C21H23F2N5O3S2/c1-4-27-19(12-28(33(3,30)31)16-8-6-15(22)7-9-16)25-26-21(27)32-13-20(29)24-18-11-14(2)5-10-17(18)23/h5-11H,4,12-13H2,1-3H3,(H,24,29). The fraction of sp³-hybridized carbons (Fsp3) is 0.286. The van der Waals surface area contributed by atoms with E-state index in [1.54, 1.807) is 23.6 Å². The fourth-order valence-electron chi connectivity index (χ4n) is 3.05. The summed E-state index contributed by atoms with van der Waals surface area (Å²) in [5.74, 6) is -1.11. The summed E-state index contributed by atoms with van der Waals surface area (Å²) in [6.07, 6.45) is 1.05. The molecule has 0 saturated heterocycles. The third kappa shape index (κ3) is 6.29. The molecule has 2 aromatic carbocycles. The van der Waals surface area contributed by atoms with Crippen LogP contribution in [0.2, 0.25) is 0 Å². The van der Waals surface area contributed by atoms with Gasteiger partial charge in [0, 0.05) is 6.54 Å². The molecular formula is C21H23F2N5O3S2. The molecule has 0 unspecified atom stereocenters. The van der Waals surface area contributed by atoms with Crippen LogP contribution in [-0.4, -0.2) is 41.1 Å². The van der Waals surface area contributed by atoms with Gasteiger partial charge in [-0.25, -0.2) is 17.2 Å². The minimum Gasteiger partial charge on any atom is -0.323 e. The van der Waals surface area contributed by atoms with Gasteiger partial charge in [0.1, 0.15) is 11.6 Å². The summed E-state index contributed by atoms with van der Waals surface area (Å²) < 4.78 is 54.6. The zero-order chi connectivity index (χ0) is 24.2. The van der Waals surface area contributed by atoms with Gasteiger partial charge < -0.3 is 9.88 Å². The van der Waals surface area contributed by atoms with Crippen LogP contribution in [0.5, 0.6) is 0 Å². The van der Waals surface area contributed by atoms with E-state index in [4.69, 9.17) is 0 Å². The monoisotopic (exact) mass is 495 g/mol. The number of halogens is 2. The summed E-state index contributed by atoms with van der Waals surface area (Å²) in [5.41, 5.74) is 1.20. The van der Waals surface area contributed by atoms with Crippen molar-refractivity contribution in [3.05, 3.63) is 65.5 Å². The second-order valence-electron chi connectivity index (χ2n) is 7.21. The topological polar surface area (TPSA) is 97.2 Å². The lowest BCUT2D eigenvalue weighted by Gasteiger charge is -2.22. The van der Waals surface area contributed by atoms with Gasteiger partial charge in [0.2, 0.25) is 15.9 Å². The zero-order valence-electron chi connectivity index (χ0n) is 18.2. The van der Waals surface area contributed by atoms with Crippen LogP contribution in [0.1, 0.15) is 18.3 Å². The first-order valence-corrected chi connectivity index (χ1v) is 12.8. The van der Waals surface area contributed by atoms with Gasteiger partial charge in [0.25, 0.3) is 0 Å². The normalized spacial score (nSPS) is 11.4. The molecule has 33 heavy (non-hydrogen) atoms. The Kier molecular flexibility index (Phi) is 7.69. The summed E-state index contributed by atoms with van der Waals surface area (Å²) in [4.78, 5) is 12.3. The van der Waals surface area contributed by atoms with Gasteiger partial charge >= 0.3 is 0 Å². The van der Waals surface area contributed by atoms with Gasteiger partial charge in [-0.15, -0.1) is 10.2 Å². The lowest BCUT2D eigenvalue weighted by atomic mass is 10.2. The number of aromatic nitrogens is 3. The first kappa shape index (κ1) is 24.6. The maximum atomic E-state index is 13.9. The van der Waals surface area contributed by atoms with Gasteiger partial charge in [-0.1, -0.05) is 17.8 Å². The minimum absolute atomic E-state index is 0.0424. The van der Waals surface area contributed by atoms with Gasteiger partial charge in [-0.3, -0.25) is 9.10 Å². The van der Waals surface area contributed by atoms with Gasteiger partial charge in [-0.05, 0) is 55.8 Å². The van der Waals surface area contributed by atoms with E-state index >= 15 is 0 Å².